The number of halogens is 2. The lowest BCUT2D eigenvalue weighted by atomic mass is 9.68. The van der Waals surface area contributed by atoms with E-state index in [0.29, 0.717) is 22.8 Å². The highest BCUT2D eigenvalue weighted by atomic mass is 35.5. The van der Waals surface area contributed by atoms with Crippen LogP contribution in [0, 0.1) is 5.92 Å². The van der Waals surface area contributed by atoms with Crippen molar-refractivity contribution in [3.63, 3.8) is 0 Å². The third kappa shape index (κ3) is 2.72. The number of hydrogen-bond acceptors (Lipinski definition) is 3. The SMILES string of the molecule is CCC1C(C)(C)Oc2cc(Cl)c(Cl)cc2C1(O)CC(=O)O. The Bertz CT molecular complexity index is 585. The summed E-state index contributed by atoms with van der Waals surface area (Å²) in [7, 11) is 0. The third-order valence-electron chi connectivity index (χ3n) is 4.11. The maximum atomic E-state index is 11.2. The number of aliphatic hydroxyl groups is 1. The quantitative estimate of drug-likeness (QED) is 0.882. The van der Waals surface area contributed by atoms with Crippen LogP contribution in [0.15, 0.2) is 12.1 Å². The van der Waals surface area contributed by atoms with Gasteiger partial charge in [0.25, 0.3) is 0 Å². The summed E-state index contributed by atoms with van der Waals surface area (Å²) in [5, 5.41) is 20.9. The molecule has 0 aliphatic carbocycles. The minimum Gasteiger partial charge on any atom is -0.487 e. The zero-order valence-electron chi connectivity index (χ0n) is 12.1. The van der Waals surface area contributed by atoms with E-state index in [4.69, 9.17) is 27.9 Å². The molecule has 2 rings (SSSR count). The molecule has 0 amide bonds. The molecule has 2 unspecified atom stereocenters. The summed E-state index contributed by atoms with van der Waals surface area (Å²) in [4.78, 5) is 11.2. The number of fused-ring (bicyclic) bond motifs is 1. The van der Waals surface area contributed by atoms with Crippen molar-refractivity contribution in [3.05, 3.63) is 27.7 Å². The lowest BCUT2D eigenvalue weighted by Crippen LogP contribution is -2.54. The second-order valence-electron chi connectivity index (χ2n) is 5.92. The molecule has 0 spiro atoms. The Labute approximate surface area is 133 Å². The van der Waals surface area contributed by atoms with Crippen molar-refractivity contribution in [2.75, 3.05) is 0 Å². The minimum absolute atomic E-state index is 0.261. The standard InChI is InChI=1S/C15H18Cl2O4/c1-4-12-14(2,3)21-11-6-10(17)9(16)5-8(11)15(12,20)7-13(18)19/h5-6,12,20H,4,7H2,1-3H3,(H,18,19). The molecule has 4 nitrogen and oxygen atoms in total. The van der Waals surface area contributed by atoms with Gasteiger partial charge in [-0.1, -0.05) is 30.1 Å². The second kappa shape index (κ2) is 5.34. The van der Waals surface area contributed by atoms with Gasteiger partial charge in [-0.15, -0.1) is 0 Å². The Morgan fingerprint density at radius 2 is 1.90 bits per heavy atom. The highest BCUT2D eigenvalue weighted by Crippen LogP contribution is 2.52. The highest BCUT2D eigenvalue weighted by molar-refractivity contribution is 6.42. The van der Waals surface area contributed by atoms with Crippen molar-refractivity contribution in [1.82, 2.24) is 0 Å². The third-order valence-corrected chi connectivity index (χ3v) is 4.83. The molecular formula is C15H18Cl2O4. The van der Waals surface area contributed by atoms with Crippen LogP contribution in [0.4, 0.5) is 0 Å². The van der Waals surface area contributed by atoms with Crippen molar-refractivity contribution in [2.24, 2.45) is 5.92 Å². The van der Waals surface area contributed by atoms with E-state index < -0.39 is 23.6 Å². The topological polar surface area (TPSA) is 66.8 Å². The first-order valence-corrected chi connectivity index (χ1v) is 7.50. The zero-order chi connectivity index (χ0) is 16.0. The molecule has 116 valence electrons. The van der Waals surface area contributed by atoms with Gasteiger partial charge in [0.2, 0.25) is 0 Å². The number of benzene rings is 1. The lowest BCUT2D eigenvalue weighted by molar-refractivity contribution is -0.160. The Balaban J connectivity index is 2.69. The van der Waals surface area contributed by atoms with Crippen molar-refractivity contribution < 1.29 is 19.7 Å². The minimum atomic E-state index is -1.55. The Morgan fingerprint density at radius 1 is 1.33 bits per heavy atom. The molecule has 0 radical (unpaired) electrons. The summed E-state index contributed by atoms with van der Waals surface area (Å²) in [5.41, 5.74) is -1.89. The number of carbonyl (C=O) groups is 1. The average Bonchev–Trinajstić information content (AvgIpc) is 2.30. The molecule has 1 aromatic carbocycles. The van der Waals surface area contributed by atoms with Crippen LogP contribution in [0.5, 0.6) is 5.75 Å². The van der Waals surface area contributed by atoms with E-state index in [9.17, 15) is 15.0 Å². The van der Waals surface area contributed by atoms with Gasteiger partial charge in [0.1, 0.15) is 17.0 Å². The van der Waals surface area contributed by atoms with E-state index >= 15 is 0 Å². The number of carboxylic acids is 1. The maximum absolute atomic E-state index is 11.2. The Hall–Kier alpha value is -0.970. The molecule has 0 saturated heterocycles. The summed E-state index contributed by atoms with van der Waals surface area (Å²) in [5.74, 6) is -1.08. The maximum Gasteiger partial charge on any atom is 0.306 e. The smallest absolute Gasteiger partial charge is 0.306 e. The molecule has 0 fully saturated rings. The first-order chi connectivity index (χ1) is 9.61. The molecule has 1 aliphatic rings. The molecule has 21 heavy (non-hydrogen) atoms. The van der Waals surface area contributed by atoms with Gasteiger partial charge in [0, 0.05) is 17.5 Å². The lowest BCUT2D eigenvalue weighted by Gasteiger charge is -2.49. The van der Waals surface area contributed by atoms with E-state index in [1.54, 1.807) is 0 Å². The van der Waals surface area contributed by atoms with E-state index in [0.717, 1.165) is 0 Å². The largest absolute Gasteiger partial charge is 0.487 e. The van der Waals surface area contributed by atoms with Gasteiger partial charge in [-0.2, -0.15) is 0 Å². The monoisotopic (exact) mass is 332 g/mol. The van der Waals surface area contributed by atoms with E-state index in [-0.39, 0.29) is 10.9 Å². The van der Waals surface area contributed by atoms with Crippen LogP contribution in [0.1, 0.15) is 39.2 Å². The fraction of sp³-hybridized carbons (Fsp3) is 0.533. The van der Waals surface area contributed by atoms with Crippen LogP contribution in [-0.2, 0) is 10.4 Å². The van der Waals surface area contributed by atoms with Crippen molar-refractivity contribution in [1.29, 1.82) is 0 Å². The van der Waals surface area contributed by atoms with Crippen molar-refractivity contribution >= 4 is 29.2 Å². The Kier molecular flexibility index (Phi) is 4.17. The van der Waals surface area contributed by atoms with Gasteiger partial charge >= 0.3 is 5.97 Å². The first kappa shape index (κ1) is 16.4. The average molecular weight is 333 g/mol. The van der Waals surface area contributed by atoms with E-state index in [2.05, 4.69) is 0 Å². The molecule has 1 aromatic rings. The van der Waals surface area contributed by atoms with Gasteiger partial charge in [0.05, 0.1) is 16.5 Å². The van der Waals surface area contributed by atoms with E-state index in [1.807, 2.05) is 20.8 Å². The molecule has 2 atom stereocenters. The molecule has 2 N–H and O–H groups in total. The Morgan fingerprint density at radius 3 is 2.43 bits per heavy atom. The number of hydrogen-bond donors (Lipinski definition) is 2. The molecule has 6 heteroatoms. The summed E-state index contributed by atoms with van der Waals surface area (Å²) in [6.07, 6.45) is 0.153. The normalized spacial score (nSPS) is 26.9. The van der Waals surface area contributed by atoms with Gasteiger partial charge < -0.3 is 14.9 Å². The number of aliphatic carboxylic acids is 1. The van der Waals surface area contributed by atoms with Gasteiger partial charge in [0.15, 0.2) is 0 Å². The van der Waals surface area contributed by atoms with Crippen molar-refractivity contribution in [3.8, 4) is 5.75 Å². The molecule has 0 aromatic heterocycles. The number of rotatable bonds is 3. The fourth-order valence-corrected chi connectivity index (χ4v) is 3.66. The molecular weight excluding hydrogens is 315 g/mol. The predicted molar refractivity (Wildman–Crippen MR) is 81.1 cm³/mol. The summed E-state index contributed by atoms with van der Waals surface area (Å²) >= 11 is 12.0. The van der Waals surface area contributed by atoms with Gasteiger partial charge in [-0.3, -0.25) is 4.79 Å². The van der Waals surface area contributed by atoms with Crippen LogP contribution >= 0.6 is 23.2 Å². The number of ether oxygens (including phenoxy) is 1. The molecule has 0 bridgehead atoms. The second-order valence-corrected chi connectivity index (χ2v) is 6.74. The van der Waals surface area contributed by atoms with Crippen molar-refractivity contribution in [2.45, 2.75) is 44.8 Å². The molecule has 1 heterocycles. The molecule has 0 saturated carbocycles. The van der Waals surface area contributed by atoms with E-state index in [1.165, 1.54) is 12.1 Å². The number of carboxylic acid groups (broad SMARTS) is 1. The predicted octanol–water partition coefficient (Wildman–Crippen LogP) is 3.85. The first-order valence-electron chi connectivity index (χ1n) is 6.74. The fourth-order valence-electron chi connectivity index (χ4n) is 3.35. The summed E-state index contributed by atoms with van der Waals surface area (Å²) in [6, 6.07) is 3.03. The van der Waals surface area contributed by atoms with Crippen LogP contribution in [0.25, 0.3) is 0 Å². The van der Waals surface area contributed by atoms with Gasteiger partial charge in [-0.05, 0) is 26.3 Å². The summed E-state index contributed by atoms with van der Waals surface area (Å²) in [6.45, 7) is 5.56. The van der Waals surface area contributed by atoms with Crippen LogP contribution in [0.2, 0.25) is 10.0 Å². The summed E-state index contributed by atoms with van der Waals surface area (Å²) < 4.78 is 5.94. The van der Waals surface area contributed by atoms with Crippen LogP contribution < -0.4 is 4.74 Å². The highest BCUT2D eigenvalue weighted by Gasteiger charge is 2.53. The van der Waals surface area contributed by atoms with Crippen LogP contribution in [0.3, 0.4) is 0 Å². The molecule has 1 aliphatic heterocycles. The van der Waals surface area contributed by atoms with Gasteiger partial charge in [-0.25, -0.2) is 0 Å². The van der Waals surface area contributed by atoms with Crippen LogP contribution in [-0.4, -0.2) is 21.8 Å². The zero-order valence-corrected chi connectivity index (χ0v) is 13.6.